The van der Waals surface area contributed by atoms with Crippen LogP contribution in [0.25, 0.3) is 22.4 Å². The number of hydrogen-bond acceptors (Lipinski definition) is 6. The zero-order chi connectivity index (χ0) is 15.0. The van der Waals surface area contributed by atoms with Crippen LogP contribution in [-0.4, -0.2) is 19.5 Å². The molecule has 21 heavy (non-hydrogen) atoms. The Hall–Kier alpha value is -3.14. The Morgan fingerprint density at radius 2 is 1.86 bits per heavy atom. The maximum atomic E-state index is 9.11. The standard InChI is InChI=1S/C14H13N7/c1-2-21-13(7-15)18-10-4-3-9(19-14(10)21)8-5-11(16)20-12(17)6-8/h3-6H,2H2,1H3,(H4,16,17,20). The minimum absolute atomic E-state index is 0.341. The van der Waals surface area contributed by atoms with Crippen molar-refractivity contribution >= 4 is 22.8 Å². The molecule has 3 rings (SSSR count). The van der Waals surface area contributed by atoms with Gasteiger partial charge in [-0.25, -0.2) is 15.0 Å². The fraction of sp³-hybridized carbons (Fsp3) is 0.143. The molecule has 0 radical (unpaired) electrons. The Morgan fingerprint density at radius 3 is 2.48 bits per heavy atom. The number of nitrogen functional groups attached to an aromatic ring is 2. The number of fused-ring (bicyclic) bond motifs is 1. The van der Waals surface area contributed by atoms with Gasteiger partial charge in [0.15, 0.2) is 5.65 Å². The van der Waals surface area contributed by atoms with E-state index in [0.29, 0.717) is 40.9 Å². The Bertz CT molecular complexity index is 853. The lowest BCUT2D eigenvalue weighted by molar-refractivity contribution is 0.764. The lowest BCUT2D eigenvalue weighted by Gasteiger charge is -2.05. The average Bonchev–Trinajstić information content (AvgIpc) is 2.82. The third-order valence-electron chi connectivity index (χ3n) is 3.17. The summed E-state index contributed by atoms with van der Waals surface area (Å²) in [4.78, 5) is 12.8. The highest BCUT2D eigenvalue weighted by Gasteiger charge is 2.12. The van der Waals surface area contributed by atoms with Gasteiger partial charge in [0.05, 0.1) is 5.69 Å². The van der Waals surface area contributed by atoms with Crippen LogP contribution in [0.4, 0.5) is 11.6 Å². The number of aryl methyl sites for hydroxylation is 1. The molecule has 0 aliphatic rings. The van der Waals surface area contributed by atoms with Crippen molar-refractivity contribution in [2.45, 2.75) is 13.5 Å². The molecule has 7 nitrogen and oxygen atoms in total. The molecule has 7 heteroatoms. The molecule has 0 aliphatic carbocycles. The van der Waals surface area contributed by atoms with Crippen molar-refractivity contribution in [1.29, 1.82) is 5.26 Å². The Kier molecular flexibility index (Phi) is 2.92. The van der Waals surface area contributed by atoms with Crippen molar-refractivity contribution in [3.8, 4) is 17.3 Å². The zero-order valence-corrected chi connectivity index (χ0v) is 11.4. The van der Waals surface area contributed by atoms with Gasteiger partial charge in [-0.2, -0.15) is 5.26 Å². The smallest absolute Gasteiger partial charge is 0.215 e. The molecule has 3 aromatic rings. The third kappa shape index (κ3) is 2.12. The number of hydrogen-bond donors (Lipinski definition) is 2. The summed E-state index contributed by atoms with van der Waals surface area (Å²) in [6, 6.07) is 9.15. The molecule has 4 N–H and O–H groups in total. The number of nitriles is 1. The van der Waals surface area contributed by atoms with E-state index in [2.05, 4.69) is 21.0 Å². The molecular formula is C14H13N7. The summed E-state index contributed by atoms with van der Waals surface area (Å²) in [6.45, 7) is 2.56. The van der Waals surface area contributed by atoms with Gasteiger partial charge in [-0.15, -0.1) is 0 Å². The van der Waals surface area contributed by atoms with E-state index in [4.69, 9.17) is 16.7 Å². The second kappa shape index (κ2) is 4.76. The summed E-state index contributed by atoms with van der Waals surface area (Å²) in [7, 11) is 0. The second-order valence-corrected chi connectivity index (χ2v) is 4.54. The molecule has 0 bridgehead atoms. The molecular weight excluding hydrogens is 266 g/mol. The van der Waals surface area contributed by atoms with Gasteiger partial charge in [0.25, 0.3) is 0 Å². The molecule has 0 saturated heterocycles. The lowest BCUT2D eigenvalue weighted by Crippen LogP contribution is -2.00. The molecule has 0 saturated carbocycles. The van der Waals surface area contributed by atoms with Gasteiger partial charge in [0, 0.05) is 12.1 Å². The van der Waals surface area contributed by atoms with E-state index in [0.717, 1.165) is 5.56 Å². The average molecular weight is 279 g/mol. The maximum absolute atomic E-state index is 9.11. The first-order valence-corrected chi connectivity index (χ1v) is 6.43. The van der Waals surface area contributed by atoms with Crippen molar-refractivity contribution in [2.24, 2.45) is 0 Å². The second-order valence-electron chi connectivity index (χ2n) is 4.54. The highest BCUT2D eigenvalue weighted by molar-refractivity contribution is 5.77. The summed E-state index contributed by atoms with van der Waals surface area (Å²) in [6.07, 6.45) is 0. The van der Waals surface area contributed by atoms with Gasteiger partial charge in [-0.05, 0) is 31.2 Å². The first kappa shape index (κ1) is 12.9. The maximum Gasteiger partial charge on any atom is 0.215 e. The SMILES string of the molecule is CCn1c(C#N)nc2ccc(-c3cc(N)nc(N)c3)nc21. The van der Waals surface area contributed by atoms with Crippen LogP contribution >= 0.6 is 0 Å². The van der Waals surface area contributed by atoms with E-state index in [1.165, 1.54) is 0 Å². The van der Waals surface area contributed by atoms with Crippen molar-refractivity contribution in [3.63, 3.8) is 0 Å². The van der Waals surface area contributed by atoms with Crippen LogP contribution in [0.5, 0.6) is 0 Å². The lowest BCUT2D eigenvalue weighted by atomic mass is 10.1. The molecule has 0 aromatic carbocycles. The molecule has 0 atom stereocenters. The van der Waals surface area contributed by atoms with E-state index >= 15 is 0 Å². The van der Waals surface area contributed by atoms with Gasteiger partial charge < -0.3 is 16.0 Å². The van der Waals surface area contributed by atoms with Crippen LogP contribution < -0.4 is 11.5 Å². The van der Waals surface area contributed by atoms with Gasteiger partial charge in [0.2, 0.25) is 5.82 Å². The molecule has 0 spiro atoms. The molecule has 0 aliphatic heterocycles. The largest absolute Gasteiger partial charge is 0.384 e. The predicted octanol–water partition coefficient (Wildman–Crippen LogP) is 1.55. The number of anilines is 2. The molecule has 3 aromatic heterocycles. The minimum atomic E-state index is 0.341. The summed E-state index contributed by atoms with van der Waals surface area (Å²) >= 11 is 0. The van der Waals surface area contributed by atoms with E-state index in [1.54, 1.807) is 16.7 Å². The topological polar surface area (TPSA) is 119 Å². The molecule has 3 heterocycles. The van der Waals surface area contributed by atoms with Crippen LogP contribution in [0.15, 0.2) is 24.3 Å². The Labute approximate surface area is 120 Å². The summed E-state index contributed by atoms with van der Waals surface area (Å²) in [5.41, 5.74) is 14.3. The minimum Gasteiger partial charge on any atom is -0.384 e. The van der Waals surface area contributed by atoms with Crippen LogP contribution in [-0.2, 0) is 6.54 Å². The van der Waals surface area contributed by atoms with Crippen molar-refractivity contribution in [1.82, 2.24) is 19.5 Å². The number of imidazole rings is 1. The molecule has 0 amide bonds. The van der Waals surface area contributed by atoms with Gasteiger partial charge in [0.1, 0.15) is 23.2 Å². The number of pyridine rings is 2. The van der Waals surface area contributed by atoms with Gasteiger partial charge >= 0.3 is 0 Å². The summed E-state index contributed by atoms with van der Waals surface area (Å²) in [5, 5.41) is 9.11. The quantitative estimate of drug-likeness (QED) is 0.734. The van der Waals surface area contributed by atoms with Crippen LogP contribution in [0, 0.1) is 11.3 Å². The van der Waals surface area contributed by atoms with Crippen molar-refractivity contribution in [3.05, 3.63) is 30.1 Å². The number of nitrogens with zero attached hydrogens (tertiary/aromatic N) is 5. The monoisotopic (exact) mass is 279 g/mol. The first-order chi connectivity index (χ1) is 10.1. The van der Waals surface area contributed by atoms with Gasteiger partial charge in [-0.3, -0.25) is 0 Å². The molecule has 104 valence electrons. The first-order valence-electron chi connectivity index (χ1n) is 6.43. The van der Waals surface area contributed by atoms with E-state index in [-0.39, 0.29) is 0 Å². The van der Waals surface area contributed by atoms with Crippen molar-refractivity contribution in [2.75, 3.05) is 11.5 Å². The predicted molar refractivity (Wildman–Crippen MR) is 80.0 cm³/mol. The van der Waals surface area contributed by atoms with Crippen LogP contribution in [0.2, 0.25) is 0 Å². The summed E-state index contributed by atoms with van der Waals surface area (Å²) < 4.78 is 1.77. The fourth-order valence-corrected chi connectivity index (χ4v) is 2.27. The Morgan fingerprint density at radius 1 is 1.14 bits per heavy atom. The molecule has 0 unspecified atom stereocenters. The summed E-state index contributed by atoms with van der Waals surface area (Å²) in [5.74, 6) is 1.04. The van der Waals surface area contributed by atoms with E-state index in [9.17, 15) is 0 Å². The van der Waals surface area contributed by atoms with Crippen LogP contribution in [0.1, 0.15) is 12.7 Å². The van der Waals surface area contributed by atoms with Gasteiger partial charge in [-0.1, -0.05) is 0 Å². The number of aromatic nitrogens is 4. The number of rotatable bonds is 2. The number of nitrogens with two attached hydrogens (primary N) is 2. The zero-order valence-electron chi connectivity index (χ0n) is 11.4. The highest BCUT2D eigenvalue weighted by atomic mass is 15.1. The molecule has 0 fully saturated rings. The third-order valence-corrected chi connectivity index (χ3v) is 3.17. The highest BCUT2D eigenvalue weighted by Crippen LogP contribution is 2.24. The fourth-order valence-electron chi connectivity index (χ4n) is 2.27. The van der Waals surface area contributed by atoms with E-state index in [1.807, 2.05) is 19.1 Å². The Balaban J connectivity index is 2.23. The van der Waals surface area contributed by atoms with Crippen LogP contribution in [0.3, 0.4) is 0 Å². The van der Waals surface area contributed by atoms with E-state index < -0.39 is 0 Å². The normalized spacial score (nSPS) is 10.7. The van der Waals surface area contributed by atoms with Crippen molar-refractivity contribution < 1.29 is 0 Å².